The van der Waals surface area contributed by atoms with Gasteiger partial charge >= 0.3 is 0 Å². The maximum absolute atomic E-state index is 13.2. The fraction of sp³-hybridized carbons (Fsp3) is 0.214. The molecule has 1 fully saturated rings. The number of nitrogens with one attached hydrogen (secondary N) is 3. The normalized spacial score (nSPS) is 12.8. The highest BCUT2D eigenvalue weighted by atomic mass is 35.5. The van der Waals surface area contributed by atoms with E-state index in [0.717, 1.165) is 31.5 Å². The Balaban J connectivity index is 1.58. The Morgan fingerprint density at radius 1 is 1.03 bits per heavy atom. The number of aromatic nitrogens is 1. The molecule has 8 nitrogen and oxygen atoms in total. The lowest BCUT2D eigenvalue weighted by Crippen LogP contribution is -2.35. The van der Waals surface area contributed by atoms with Gasteiger partial charge in [0.2, 0.25) is 0 Å². The van der Waals surface area contributed by atoms with Crippen molar-refractivity contribution in [2.45, 2.75) is 19.3 Å². The van der Waals surface area contributed by atoms with Crippen LogP contribution in [0.15, 0.2) is 54.7 Å². The van der Waals surface area contributed by atoms with Crippen molar-refractivity contribution < 1.29 is 14.3 Å². The third-order valence-corrected chi connectivity index (χ3v) is 6.26. The van der Waals surface area contributed by atoms with Crippen molar-refractivity contribution in [1.29, 1.82) is 5.41 Å². The number of nitrogens with zero attached hydrogens (tertiary/aromatic N) is 2. The minimum atomic E-state index is -0.536. The summed E-state index contributed by atoms with van der Waals surface area (Å²) in [7, 11) is 1.43. The largest absolute Gasteiger partial charge is 0.495 e. The quantitative estimate of drug-likeness (QED) is 0.242. The molecule has 3 aromatic rings. The Labute approximate surface area is 220 Å². The fourth-order valence-corrected chi connectivity index (χ4v) is 4.18. The predicted octanol–water partition coefficient (Wildman–Crippen LogP) is 5.04. The number of benzene rings is 2. The molecule has 0 spiro atoms. The summed E-state index contributed by atoms with van der Waals surface area (Å²) in [6.07, 6.45) is 10.3. The number of hydrogen-bond donors (Lipinski definition) is 3. The molecule has 0 bridgehead atoms. The summed E-state index contributed by atoms with van der Waals surface area (Å²) in [5.41, 5.74) is 1.79. The van der Waals surface area contributed by atoms with Crippen LogP contribution in [0.5, 0.6) is 5.75 Å². The van der Waals surface area contributed by atoms with Crippen molar-refractivity contribution in [3.63, 3.8) is 0 Å². The third kappa shape index (κ3) is 6.08. The first-order chi connectivity index (χ1) is 17.9. The van der Waals surface area contributed by atoms with Gasteiger partial charge in [0, 0.05) is 36.0 Å². The third-order valence-electron chi connectivity index (χ3n) is 6.03. The van der Waals surface area contributed by atoms with Gasteiger partial charge < -0.3 is 20.3 Å². The zero-order chi connectivity index (χ0) is 26.4. The van der Waals surface area contributed by atoms with Crippen LogP contribution in [0.2, 0.25) is 5.02 Å². The summed E-state index contributed by atoms with van der Waals surface area (Å²) in [6.45, 7) is 1.73. The molecule has 0 saturated carbocycles. The Morgan fingerprint density at radius 2 is 1.73 bits per heavy atom. The minimum Gasteiger partial charge on any atom is -0.495 e. The maximum atomic E-state index is 13.2. The molecule has 0 aliphatic carbocycles. The van der Waals surface area contributed by atoms with E-state index in [2.05, 4.69) is 26.4 Å². The summed E-state index contributed by atoms with van der Waals surface area (Å²) < 4.78 is 5.44. The first kappa shape index (κ1) is 25.7. The number of halogens is 1. The molecule has 1 aliphatic heterocycles. The molecule has 9 heteroatoms. The zero-order valence-corrected chi connectivity index (χ0v) is 21.1. The Bertz CT molecular complexity index is 1360. The Hall–Kier alpha value is -4.35. The van der Waals surface area contributed by atoms with Crippen LogP contribution < -0.4 is 15.4 Å². The second-order valence-corrected chi connectivity index (χ2v) is 8.93. The predicted molar refractivity (Wildman–Crippen MR) is 145 cm³/mol. The summed E-state index contributed by atoms with van der Waals surface area (Å²) in [4.78, 5) is 32.4. The van der Waals surface area contributed by atoms with E-state index >= 15 is 0 Å². The molecule has 0 radical (unpaired) electrons. The van der Waals surface area contributed by atoms with Gasteiger partial charge in [-0.3, -0.25) is 15.0 Å². The SMILES string of the molecule is C#Cc1cc(OC)c(NC(=O)c2ccc(C(=N)N3CCCCC3)cc2)c(C(=O)Nc2ccc(Cl)cn2)c1. The van der Waals surface area contributed by atoms with Gasteiger partial charge in [-0.2, -0.15) is 0 Å². The number of methoxy groups -OCH3 is 1. The van der Waals surface area contributed by atoms with Crippen LogP contribution in [-0.2, 0) is 0 Å². The number of amidine groups is 1. The van der Waals surface area contributed by atoms with Gasteiger partial charge in [0.25, 0.3) is 11.8 Å². The first-order valence-electron chi connectivity index (χ1n) is 11.8. The molecule has 1 saturated heterocycles. The number of piperidine rings is 1. The molecule has 1 aliphatic rings. The second-order valence-electron chi connectivity index (χ2n) is 8.49. The minimum absolute atomic E-state index is 0.112. The van der Waals surface area contributed by atoms with E-state index in [1.165, 1.54) is 25.8 Å². The molecule has 2 heterocycles. The standard InChI is InChI=1S/C28H26ClN5O3/c1-3-18-15-22(28(36)32-24-12-11-21(29)17-31-24)25(23(16-18)37-2)33-27(35)20-9-7-19(8-10-20)26(30)34-13-5-4-6-14-34/h1,7-12,15-17,30H,4-6,13-14H2,2H3,(H,33,35)(H,31,32,36). The van der Waals surface area contributed by atoms with Crippen molar-refractivity contribution in [3.05, 3.63) is 82.0 Å². The number of amides is 2. The van der Waals surface area contributed by atoms with Crippen LogP contribution in [-0.4, -0.2) is 47.7 Å². The van der Waals surface area contributed by atoms with Gasteiger partial charge in [0.15, 0.2) is 0 Å². The number of likely N-dealkylation sites (tertiary alicyclic amines) is 1. The summed E-state index contributed by atoms with van der Waals surface area (Å²) in [5, 5.41) is 14.4. The first-order valence-corrected chi connectivity index (χ1v) is 12.1. The van der Waals surface area contributed by atoms with Gasteiger partial charge in [-0.05, 0) is 55.7 Å². The summed E-state index contributed by atoms with van der Waals surface area (Å²) in [5.74, 6) is 2.49. The molecule has 0 unspecified atom stereocenters. The number of carbonyl (C=O) groups excluding carboxylic acids is 2. The van der Waals surface area contributed by atoms with Gasteiger partial charge in [-0.1, -0.05) is 29.7 Å². The van der Waals surface area contributed by atoms with Crippen molar-refractivity contribution in [2.24, 2.45) is 0 Å². The van der Waals surface area contributed by atoms with E-state index in [1.807, 2.05) is 0 Å². The molecule has 3 N–H and O–H groups in total. The number of anilines is 2. The van der Waals surface area contributed by atoms with Crippen LogP contribution in [0.1, 0.15) is 51.1 Å². The van der Waals surface area contributed by atoms with Crippen LogP contribution in [0.25, 0.3) is 0 Å². The Kier molecular flexibility index (Phi) is 8.06. The molecular weight excluding hydrogens is 490 g/mol. The van der Waals surface area contributed by atoms with E-state index in [1.54, 1.807) is 42.5 Å². The fourth-order valence-electron chi connectivity index (χ4n) is 4.07. The van der Waals surface area contributed by atoms with Gasteiger partial charge in [-0.15, -0.1) is 6.42 Å². The number of rotatable bonds is 6. The summed E-state index contributed by atoms with van der Waals surface area (Å²) in [6, 6.07) is 13.0. The molecule has 37 heavy (non-hydrogen) atoms. The van der Waals surface area contributed by atoms with Crippen LogP contribution >= 0.6 is 11.6 Å². The van der Waals surface area contributed by atoms with E-state index in [4.69, 9.17) is 28.2 Å². The number of terminal acetylenes is 1. The van der Waals surface area contributed by atoms with Gasteiger partial charge in [0.05, 0.1) is 23.4 Å². The van der Waals surface area contributed by atoms with E-state index in [9.17, 15) is 9.59 Å². The lowest BCUT2D eigenvalue weighted by Gasteiger charge is -2.29. The zero-order valence-electron chi connectivity index (χ0n) is 20.3. The van der Waals surface area contributed by atoms with Gasteiger partial charge in [0.1, 0.15) is 17.4 Å². The van der Waals surface area contributed by atoms with Crippen LogP contribution in [0.3, 0.4) is 0 Å². The molecule has 4 rings (SSSR count). The van der Waals surface area contributed by atoms with E-state index < -0.39 is 11.8 Å². The highest BCUT2D eigenvalue weighted by Crippen LogP contribution is 2.31. The molecule has 2 aromatic carbocycles. The molecule has 1 aromatic heterocycles. The topological polar surface area (TPSA) is 107 Å². The van der Waals surface area contributed by atoms with Gasteiger partial charge in [-0.25, -0.2) is 4.98 Å². The van der Waals surface area contributed by atoms with Crippen molar-refractivity contribution in [3.8, 4) is 18.1 Å². The number of pyridine rings is 1. The molecule has 0 atom stereocenters. The van der Waals surface area contributed by atoms with Crippen molar-refractivity contribution in [1.82, 2.24) is 9.88 Å². The lowest BCUT2D eigenvalue weighted by molar-refractivity contribution is 0.102. The van der Waals surface area contributed by atoms with E-state index in [-0.39, 0.29) is 22.8 Å². The maximum Gasteiger partial charge on any atom is 0.259 e. The highest BCUT2D eigenvalue weighted by Gasteiger charge is 2.21. The van der Waals surface area contributed by atoms with Crippen molar-refractivity contribution >= 4 is 40.8 Å². The van der Waals surface area contributed by atoms with Crippen LogP contribution in [0.4, 0.5) is 11.5 Å². The molecule has 2 amide bonds. The average Bonchev–Trinajstić information content (AvgIpc) is 2.94. The van der Waals surface area contributed by atoms with Crippen molar-refractivity contribution in [2.75, 3.05) is 30.8 Å². The number of hydrogen-bond acceptors (Lipinski definition) is 5. The second kappa shape index (κ2) is 11.6. The molecular formula is C28H26ClN5O3. The number of ether oxygens (including phenoxy) is 1. The Morgan fingerprint density at radius 3 is 2.35 bits per heavy atom. The highest BCUT2D eigenvalue weighted by molar-refractivity contribution is 6.30. The smallest absolute Gasteiger partial charge is 0.259 e. The summed E-state index contributed by atoms with van der Waals surface area (Å²) >= 11 is 5.88. The number of carbonyl (C=O) groups is 2. The lowest BCUT2D eigenvalue weighted by atomic mass is 10.0. The molecule has 188 valence electrons. The van der Waals surface area contributed by atoms with E-state index in [0.29, 0.717) is 22.0 Å². The average molecular weight is 516 g/mol. The monoisotopic (exact) mass is 515 g/mol. The van der Waals surface area contributed by atoms with Crippen LogP contribution in [0, 0.1) is 17.8 Å².